The third-order valence-corrected chi connectivity index (χ3v) is 8.64. The van der Waals surface area contributed by atoms with E-state index in [0.717, 1.165) is 56.2 Å². The smallest absolute Gasteiger partial charge is 0.303 e. The molecule has 12 heteroatoms. The third kappa shape index (κ3) is 7.18. The van der Waals surface area contributed by atoms with Crippen LogP contribution in [0.3, 0.4) is 0 Å². The molecule has 4 heterocycles. The van der Waals surface area contributed by atoms with Crippen LogP contribution < -0.4 is 22.1 Å². The number of H-pyrrole nitrogens is 2. The molecular formula is C33H42N6O6. The van der Waals surface area contributed by atoms with Crippen molar-refractivity contribution in [3.05, 3.63) is 78.7 Å². The summed E-state index contributed by atoms with van der Waals surface area (Å²) in [6.45, 7) is 8.12. The van der Waals surface area contributed by atoms with Gasteiger partial charge in [0.25, 0.3) is 11.8 Å². The van der Waals surface area contributed by atoms with Gasteiger partial charge in [0.15, 0.2) is 0 Å². The number of aliphatic carboxylic acids is 2. The number of carbonyl (C=O) groups excluding carboxylic acids is 2. The van der Waals surface area contributed by atoms with Crippen LogP contribution in [-0.4, -0.2) is 57.0 Å². The fourth-order valence-electron chi connectivity index (χ4n) is 6.08. The number of carboxylic acids is 2. The predicted octanol–water partition coefficient (Wildman–Crippen LogP) is 2.86. The van der Waals surface area contributed by atoms with Crippen LogP contribution in [0, 0.1) is 13.8 Å². The van der Waals surface area contributed by atoms with E-state index in [2.05, 4.69) is 20.6 Å². The average Bonchev–Trinajstić information content (AvgIpc) is 3.62. The van der Waals surface area contributed by atoms with Gasteiger partial charge < -0.3 is 42.3 Å². The Labute approximate surface area is 261 Å². The Balaban J connectivity index is 1.80. The van der Waals surface area contributed by atoms with Gasteiger partial charge in [-0.05, 0) is 112 Å². The van der Waals surface area contributed by atoms with E-state index in [1.54, 1.807) is 13.8 Å². The minimum atomic E-state index is -0.921. The van der Waals surface area contributed by atoms with E-state index in [1.807, 2.05) is 26.0 Å². The molecule has 4 rings (SSSR count). The lowest BCUT2D eigenvalue weighted by molar-refractivity contribution is -0.138. The lowest BCUT2D eigenvalue weighted by Crippen LogP contribution is -2.15. The van der Waals surface area contributed by atoms with E-state index < -0.39 is 11.9 Å². The van der Waals surface area contributed by atoms with Crippen LogP contribution in [0.1, 0.15) is 84.6 Å². The summed E-state index contributed by atoms with van der Waals surface area (Å²) >= 11 is 0. The van der Waals surface area contributed by atoms with Gasteiger partial charge in [0.1, 0.15) is 0 Å². The number of nitrogens with one attached hydrogen (secondary N) is 4. The van der Waals surface area contributed by atoms with Gasteiger partial charge in [-0.3, -0.25) is 19.2 Å². The first-order valence-corrected chi connectivity index (χ1v) is 15.1. The minimum Gasteiger partial charge on any atom is -0.481 e. The fraction of sp³-hybridized carbons (Fsp3) is 0.394. The quantitative estimate of drug-likeness (QED) is 0.157. The molecule has 0 aliphatic carbocycles. The average molecular weight is 619 g/mol. The first kappa shape index (κ1) is 33.2. The van der Waals surface area contributed by atoms with Crippen LogP contribution in [0.25, 0.3) is 12.2 Å². The molecule has 12 nitrogen and oxygen atoms in total. The molecule has 2 aliphatic heterocycles. The van der Waals surface area contributed by atoms with E-state index in [-0.39, 0.29) is 37.5 Å². The normalized spacial score (nSPS) is 16.8. The zero-order valence-electron chi connectivity index (χ0n) is 26.2. The van der Waals surface area contributed by atoms with Crippen LogP contribution in [0.5, 0.6) is 0 Å². The zero-order chi connectivity index (χ0) is 33.0. The van der Waals surface area contributed by atoms with Crippen LogP contribution in [0.2, 0.25) is 0 Å². The van der Waals surface area contributed by atoms with Crippen molar-refractivity contribution in [1.29, 1.82) is 0 Å². The van der Waals surface area contributed by atoms with Gasteiger partial charge in [-0.1, -0.05) is 0 Å². The molecule has 0 saturated heterocycles. The Morgan fingerprint density at radius 1 is 0.667 bits per heavy atom. The van der Waals surface area contributed by atoms with Crippen LogP contribution >= 0.6 is 0 Å². The van der Waals surface area contributed by atoms with Crippen molar-refractivity contribution in [3.8, 4) is 0 Å². The number of carboxylic acid groups (broad SMARTS) is 2. The molecule has 0 spiro atoms. The summed E-state index contributed by atoms with van der Waals surface area (Å²) in [6.07, 6.45) is 5.56. The monoisotopic (exact) mass is 618 g/mol. The second kappa shape index (κ2) is 14.0. The highest BCUT2D eigenvalue weighted by Crippen LogP contribution is 2.32. The predicted molar refractivity (Wildman–Crippen MR) is 171 cm³/mol. The topological polar surface area (TPSA) is 216 Å². The van der Waals surface area contributed by atoms with Gasteiger partial charge in [0.2, 0.25) is 0 Å². The molecule has 2 amide bonds. The number of aromatic amines is 2. The number of rotatable bonds is 14. The Morgan fingerprint density at radius 2 is 1.04 bits per heavy atom. The van der Waals surface area contributed by atoms with Gasteiger partial charge in [0.05, 0.1) is 0 Å². The highest BCUT2D eigenvalue weighted by molar-refractivity contribution is 6.01. The van der Waals surface area contributed by atoms with Gasteiger partial charge in [0, 0.05) is 64.6 Å². The third-order valence-electron chi connectivity index (χ3n) is 8.64. The van der Waals surface area contributed by atoms with Crippen molar-refractivity contribution in [3.63, 3.8) is 0 Å². The van der Waals surface area contributed by atoms with E-state index in [4.69, 9.17) is 11.5 Å². The number of hydrogen-bond donors (Lipinski definition) is 8. The first-order valence-electron chi connectivity index (χ1n) is 15.1. The molecule has 0 radical (unpaired) electrons. The van der Waals surface area contributed by atoms with Crippen molar-refractivity contribution < 1.29 is 29.4 Å². The molecule has 45 heavy (non-hydrogen) atoms. The fourth-order valence-corrected chi connectivity index (χ4v) is 6.08. The summed E-state index contributed by atoms with van der Waals surface area (Å²) < 4.78 is 0. The molecule has 0 bridgehead atoms. The maximum atomic E-state index is 12.4. The number of allylic oxidation sites excluding steroid dienone is 2. The lowest BCUT2D eigenvalue weighted by Gasteiger charge is -2.07. The summed E-state index contributed by atoms with van der Waals surface area (Å²) in [5.74, 6) is -2.19. The summed E-state index contributed by atoms with van der Waals surface area (Å²) in [7, 11) is 0. The number of carbonyl (C=O) groups is 4. The lowest BCUT2D eigenvalue weighted by atomic mass is 9.98. The van der Waals surface area contributed by atoms with E-state index in [1.165, 1.54) is 0 Å². The second-order valence-electron chi connectivity index (χ2n) is 11.5. The summed E-state index contributed by atoms with van der Waals surface area (Å²) in [6, 6.07) is 0. The molecule has 2 aromatic heterocycles. The Bertz CT molecular complexity index is 1560. The summed E-state index contributed by atoms with van der Waals surface area (Å²) in [4.78, 5) is 54.9. The van der Waals surface area contributed by atoms with Gasteiger partial charge in [-0.15, -0.1) is 0 Å². The van der Waals surface area contributed by atoms with Crippen molar-refractivity contribution in [2.45, 2.75) is 72.6 Å². The van der Waals surface area contributed by atoms with Crippen molar-refractivity contribution in [2.24, 2.45) is 11.5 Å². The molecule has 0 aromatic carbocycles. The first-order chi connectivity index (χ1) is 21.4. The Morgan fingerprint density at radius 3 is 1.38 bits per heavy atom. The van der Waals surface area contributed by atoms with Gasteiger partial charge >= 0.3 is 11.9 Å². The van der Waals surface area contributed by atoms with Crippen molar-refractivity contribution >= 4 is 35.9 Å². The molecule has 10 N–H and O–H groups in total. The van der Waals surface area contributed by atoms with Gasteiger partial charge in [-0.2, -0.15) is 0 Å². The summed E-state index contributed by atoms with van der Waals surface area (Å²) in [5.41, 5.74) is 22.3. The van der Waals surface area contributed by atoms with Crippen molar-refractivity contribution in [1.82, 2.24) is 20.6 Å². The molecule has 240 valence electrons. The number of aromatic nitrogens is 2. The maximum Gasteiger partial charge on any atom is 0.303 e. The number of hydrogen-bond acceptors (Lipinski definition) is 6. The Kier molecular flexibility index (Phi) is 10.3. The highest BCUT2D eigenvalue weighted by Gasteiger charge is 2.26. The Hall–Kier alpha value is -4.68. The standard InChI is InChI=1S/C33H42N6O6/c1-16-20(5-7-30(40)41)26(36-24(16)13-28-22(9-11-34)18(3)32(44)38-28)15-27-21(6-8-31(42)43)17(2)25(37-27)14-29-23(10-12-35)19(4)33(45)39-29/h13-14,36-37H,5-12,15,34-35H2,1-4H3,(H,38,44)(H,39,45)(H,40,41)(H,42,43)/b28-13-,29-14-. The molecule has 0 saturated carbocycles. The molecular weight excluding hydrogens is 576 g/mol. The summed E-state index contributed by atoms with van der Waals surface area (Å²) in [5, 5.41) is 24.8. The zero-order valence-corrected chi connectivity index (χ0v) is 26.2. The van der Waals surface area contributed by atoms with E-state index >= 15 is 0 Å². The molecule has 0 unspecified atom stereocenters. The second-order valence-corrected chi connectivity index (χ2v) is 11.5. The SMILES string of the molecule is CC1=C(CCN)/C(=C/c2[nH]c(Cc3[nH]c(/C=C4\NC(=O)C(C)=C4CCN)c(C)c3CCC(=O)O)c(CCC(=O)O)c2C)NC1=O. The number of amides is 2. The highest BCUT2D eigenvalue weighted by atomic mass is 16.4. The maximum absolute atomic E-state index is 12.4. The van der Waals surface area contributed by atoms with Crippen molar-refractivity contribution in [2.75, 3.05) is 13.1 Å². The number of nitrogens with two attached hydrogens (primary N) is 2. The largest absolute Gasteiger partial charge is 0.481 e. The minimum absolute atomic E-state index is 0.0713. The molecule has 2 aromatic rings. The van der Waals surface area contributed by atoms with Crippen LogP contribution in [0.4, 0.5) is 0 Å². The van der Waals surface area contributed by atoms with E-state index in [9.17, 15) is 29.4 Å². The van der Waals surface area contributed by atoms with Crippen LogP contribution in [0.15, 0.2) is 33.7 Å². The van der Waals surface area contributed by atoms with Gasteiger partial charge in [-0.25, -0.2) is 0 Å². The molecule has 0 fully saturated rings. The molecule has 0 atom stereocenters. The van der Waals surface area contributed by atoms with E-state index in [0.29, 0.717) is 54.9 Å². The van der Waals surface area contributed by atoms with Crippen LogP contribution in [-0.2, 0) is 38.4 Å². The molecule has 2 aliphatic rings.